The smallest absolute Gasteiger partial charge is 0.244 e. The molecule has 0 spiro atoms. The van der Waals surface area contributed by atoms with E-state index >= 15 is 0 Å². The van der Waals surface area contributed by atoms with Crippen LogP contribution in [-0.2, 0) is 10.0 Å². The molecule has 1 heterocycles. The zero-order valence-corrected chi connectivity index (χ0v) is 12.0. The van der Waals surface area contributed by atoms with Crippen molar-refractivity contribution in [1.82, 2.24) is 9.71 Å². The van der Waals surface area contributed by atoms with Crippen LogP contribution in [0.25, 0.3) is 0 Å². The molecular weight excluding hydrogens is 262 g/mol. The number of nitrogens with one attached hydrogen (secondary N) is 2. The minimum Gasteiger partial charge on any atom is -0.372 e. The van der Waals surface area contributed by atoms with Gasteiger partial charge in [-0.05, 0) is 25.0 Å². The lowest BCUT2D eigenvalue weighted by molar-refractivity contribution is 0.510. The number of pyridine rings is 1. The van der Waals surface area contributed by atoms with Crippen molar-refractivity contribution in [2.75, 3.05) is 12.4 Å². The van der Waals surface area contributed by atoms with Gasteiger partial charge in [0.15, 0.2) is 0 Å². The Morgan fingerprint density at radius 3 is 2.53 bits per heavy atom. The second-order valence-electron chi connectivity index (χ2n) is 4.91. The molecule has 1 aromatic heterocycles. The van der Waals surface area contributed by atoms with Gasteiger partial charge in [-0.25, -0.2) is 18.1 Å². The average molecular weight is 283 g/mol. The van der Waals surface area contributed by atoms with Crippen LogP contribution in [0.3, 0.4) is 0 Å². The first-order valence-electron chi connectivity index (χ1n) is 6.78. The van der Waals surface area contributed by atoms with E-state index in [4.69, 9.17) is 0 Å². The third kappa shape index (κ3) is 3.67. The number of hydrogen-bond acceptors (Lipinski definition) is 4. The zero-order valence-electron chi connectivity index (χ0n) is 11.2. The fraction of sp³-hybridized carbons (Fsp3) is 0.615. The van der Waals surface area contributed by atoms with Gasteiger partial charge in [-0.1, -0.05) is 25.7 Å². The molecule has 0 unspecified atom stereocenters. The molecule has 0 atom stereocenters. The molecule has 5 nitrogen and oxygen atoms in total. The van der Waals surface area contributed by atoms with Gasteiger partial charge in [0, 0.05) is 19.3 Å². The fourth-order valence-electron chi connectivity index (χ4n) is 2.48. The molecule has 1 aliphatic rings. The first kappa shape index (κ1) is 14.3. The molecule has 1 aromatic rings. The van der Waals surface area contributed by atoms with Crippen LogP contribution in [0.1, 0.15) is 38.5 Å². The molecule has 2 rings (SSSR count). The van der Waals surface area contributed by atoms with E-state index in [1.54, 1.807) is 25.4 Å². The Morgan fingerprint density at radius 1 is 1.21 bits per heavy atom. The van der Waals surface area contributed by atoms with Crippen molar-refractivity contribution in [3.63, 3.8) is 0 Å². The normalized spacial score (nSPS) is 17.9. The van der Waals surface area contributed by atoms with Crippen LogP contribution in [0.2, 0.25) is 0 Å². The summed E-state index contributed by atoms with van der Waals surface area (Å²) in [6, 6.07) is 3.28. The highest BCUT2D eigenvalue weighted by Crippen LogP contribution is 2.22. The number of aromatic nitrogens is 1. The molecule has 1 fully saturated rings. The molecule has 0 aliphatic heterocycles. The summed E-state index contributed by atoms with van der Waals surface area (Å²) in [6.45, 7) is 0. The van der Waals surface area contributed by atoms with E-state index in [1.165, 1.54) is 12.8 Å². The third-order valence-corrected chi connectivity index (χ3v) is 5.03. The predicted octanol–water partition coefficient (Wildman–Crippen LogP) is 2.12. The van der Waals surface area contributed by atoms with E-state index in [0.717, 1.165) is 25.7 Å². The second-order valence-corrected chi connectivity index (χ2v) is 6.59. The quantitative estimate of drug-likeness (QED) is 0.830. The topological polar surface area (TPSA) is 71.1 Å². The summed E-state index contributed by atoms with van der Waals surface area (Å²) >= 11 is 0. The minimum absolute atomic E-state index is 0.0532. The summed E-state index contributed by atoms with van der Waals surface area (Å²) in [7, 11) is -1.82. The van der Waals surface area contributed by atoms with Gasteiger partial charge in [0.25, 0.3) is 0 Å². The molecule has 6 heteroatoms. The Balaban J connectivity index is 2.17. The Kier molecular flexibility index (Phi) is 4.76. The summed E-state index contributed by atoms with van der Waals surface area (Å²) < 4.78 is 27.6. The van der Waals surface area contributed by atoms with Gasteiger partial charge < -0.3 is 5.32 Å². The first-order chi connectivity index (χ1) is 9.13. The summed E-state index contributed by atoms with van der Waals surface area (Å²) in [4.78, 5) is 4.27. The van der Waals surface area contributed by atoms with E-state index < -0.39 is 10.0 Å². The lowest BCUT2D eigenvalue weighted by Crippen LogP contribution is -2.34. The SMILES string of the molecule is CNc1ncccc1S(=O)(=O)NC1CCCCCC1. The van der Waals surface area contributed by atoms with Crippen LogP contribution in [0.4, 0.5) is 5.82 Å². The van der Waals surface area contributed by atoms with Gasteiger partial charge in [0.05, 0.1) is 0 Å². The van der Waals surface area contributed by atoms with Crippen molar-refractivity contribution in [2.24, 2.45) is 0 Å². The van der Waals surface area contributed by atoms with Gasteiger partial charge in [0.2, 0.25) is 10.0 Å². The molecule has 0 aromatic carbocycles. The highest BCUT2D eigenvalue weighted by atomic mass is 32.2. The van der Waals surface area contributed by atoms with Gasteiger partial charge in [-0.15, -0.1) is 0 Å². The maximum Gasteiger partial charge on any atom is 0.244 e. The molecule has 2 N–H and O–H groups in total. The van der Waals surface area contributed by atoms with Crippen molar-refractivity contribution in [1.29, 1.82) is 0 Å². The van der Waals surface area contributed by atoms with Gasteiger partial charge in [-0.2, -0.15) is 0 Å². The molecule has 19 heavy (non-hydrogen) atoms. The molecule has 106 valence electrons. The van der Waals surface area contributed by atoms with Crippen molar-refractivity contribution >= 4 is 15.8 Å². The molecule has 0 radical (unpaired) electrons. The number of rotatable bonds is 4. The fourth-order valence-corrected chi connectivity index (χ4v) is 3.94. The Labute approximate surface area is 114 Å². The lowest BCUT2D eigenvalue weighted by Gasteiger charge is -2.17. The van der Waals surface area contributed by atoms with E-state index in [2.05, 4.69) is 15.0 Å². The molecule has 1 saturated carbocycles. The summed E-state index contributed by atoms with van der Waals surface area (Å²) in [6.07, 6.45) is 8.03. The minimum atomic E-state index is -3.49. The largest absolute Gasteiger partial charge is 0.372 e. The molecule has 0 bridgehead atoms. The number of anilines is 1. The number of sulfonamides is 1. The van der Waals surface area contributed by atoms with Crippen LogP contribution >= 0.6 is 0 Å². The van der Waals surface area contributed by atoms with Crippen molar-refractivity contribution < 1.29 is 8.42 Å². The van der Waals surface area contributed by atoms with Gasteiger partial charge in [0.1, 0.15) is 10.7 Å². The Morgan fingerprint density at radius 2 is 1.89 bits per heavy atom. The molecule has 0 saturated heterocycles. The van der Waals surface area contributed by atoms with Crippen molar-refractivity contribution in [3.8, 4) is 0 Å². The maximum atomic E-state index is 12.4. The van der Waals surface area contributed by atoms with E-state index in [1.807, 2.05) is 0 Å². The van der Waals surface area contributed by atoms with Crippen LogP contribution < -0.4 is 10.0 Å². The average Bonchev–Trinajstić information content (AvgIpc) is 2.67. The second kappa shape index (κ2) is 6.34. The molecular formula is C13H21N3O2S. The maximum absolute atomic E-state index is 12.4. The first-order valence-corrected chi connectivity index (χ1v) is 8.27. The van der Waals surface area contributed by atoms with Gasteiger partial charge in [-0.3, -0.25) is 0 Å². The lowest BCUT2D eigenvalue weighted by atomic mass is 10.1. The molecule has 0 amide bonds. The van der Waals surface area contributed by atoms with Crippen LogP contribution in [-0.4, -0.2) is 26.5 Å². The van der Waals surface area contributed by atoms with Crippen LogP contribution in [0, 0.1) is 0 Å². The third-order valence-electron chi connectivity index (χ3n) is 3.47. The van der Waals surface area contributed by atoms with Gasteiger partial charge >= 0.3 is 0 Å². The zero-order chi connectivity index (χ0) is 13.7. The summed E-state index contributed by atoms with van der Waals surface area (Å²) in [5.74, 6) is 0.392. The highest BCUT2D eigenvalue weighted by molar-refractivity contribution is 7.89. The number of hydrogen-bond donors (Lipinski definition) is 2. The Hall–Kier alpha value is -1.14. The van der Waals surface area contributed by atoms with E-state index in [0.29, 0.717) is 5.82 Å². The number of nitrogens with zero attached hydrogens (tertiary/aromatic N) is 1. The van der Waals surface area contributed by atoms with Crippen LogP contribution in [0.5, 0.6) is 0 Å². The monoisotopic (exact) mass is 283 g/mol. The van der Waals surface area contributed by atoms with Crippen LogP contribution in [0.15, 0.2) is 23.2 Å². The standard InChI is InChI=1S/C13H21N3O2S/c1-14-13-12(9-6-10-15-13)19(17,18)16-11-7-4-2-3-5-8-11/h6,9-11,16H,2-5,7-8H2,1H3,(H,14,15). The van der Waals surface area contributed by atoms with Crippen molar-refractivity contribution in [3.05, 3.63) is 18.3 Å². The van der Waals surface area contributed by atoms with Crippen molar-refractivity contribution in [2.45, 2.75) is 49.5 Å². The summed E-state index contributed by atoms with van der Waals surface area (Å²) in [5.41, 5.74) is 0. The van der Waals surface area contributed by atoms with E-state index in [-0.39, 0.29) is 10.9 Å². The predicted molar refractivity (Wildman–Crippen MR) is 75.6 cm³/mol. The highest BCUT2D eigenvalue weighted by Gasteiger charge is 2.23. The summed E-state index contributed by atoms with van der Waals surface area (Å²) in [5, 5.41) is 2.82. The van der Waals surface area contributed by atoms with E-state index in [9.17, 15) is 8.42 Å². The Bertz CT molecular complexity index is 508. The molecule has 1 aliphatic carbocycles.